The van der Waals surface area contributed by atoms with Crippen LogP contribution in [0.1, 0.15) is 6.42 Å². The molecule has 0 spiro atoms. The van der Waals surface area contributed by atoms with Crippen molar-refractivity contribution in [2.24, 2.45) is 5.73 Å². The SMILES string of the molecule is NCCCNc1cc(-c2c(-c3ccc(F)cc3)nn3ccccc23)ccn1. The highest BCUT2D eigenvalue weighted by Crippen LogP contribution is 2.35. The van der Waals surface area contributed by atoms with Crippen LogP contribution in [0.4, 0.5) is 10.2 Å². The summed E-state index contributed by atoms with van der Waals surface area (Å²) in [6.45, 7) is 1.40. The topological polar surface area (TPSA) is 68.2 Å². The van der Waals surface area contributed by atoms with Crippen LogP contribution in [-0.2, 0) is 0 Å². The zero-order valence-electron chi connectivity index (χ0n) is 14.8. The minimum absolute atomic E-state index is 0.264. The molecule has 0 aliphatic carbocycles. The summed E-state index contributed by atoms with van der Waals surface area (Å²) < 4.78 is 15.2. The van der Waals surface area contributed by atoms with Crippen LogP contribution in [-0.4, -0.2) is 27.7 Å². The molecular weight excluding hydrogens is 341 g/mol. The average Bonchev–Trinajstić information content (AvgIpc) is 3.08. The fourth-order valence-corrected chi connectivity index (χ4v) is 3.09. The lowest BCUT2D eigenvalue weighted by molar-refractivity contribution is 0.628. The fraction of sp³-hybridized carbons (Fsp3) is 0.143. The van der Waals surface area contributed by atoms with E-state index in [1.54, 1.807) is 18.3 Å². The molecule has 136 valence electrons. The summed E-state index contributed by atoms with van der Waals surface area (Å²) in [5.74, 6) is 0.528. The molecule has 0 amide bonds. The van der Waals surface area contributed by atoms with E-state index in [0.29, 0.717) is 6.54 Å². The lowest BCUT2D eigenvalue weighted by atomic mass is 10.0. The van der Waals surface area contributed by atoms with Gasteiger partial charge in [0.25, 0.3) is 0 Å². The predicted molar refractivity (Wildman–Crippen MR) is 106 cm³/mol. The molecule has 3 aromatic heterocycles. The van der Waals surface area contributed by atoms with Gasteiger partial charge in [-0.05, 0) is 67.1 Å². The zero-order valence-corrected chi connectivity index (χ0v) is 14.8. The maximum Gasteiger partial charge on any atom is 0.126 e. The number of nitrogens with two attached hydrogens (primary N) is 1. The van der Waals surface area contributed by atoms with Gasteiger partial charge in [-0.1, -0.05) is 6.07 Å². The smallest absolute Gasteiger partial charge is 0.126 e. The predicted octanol–water partition coefficient (Wildman–Crippen LogP) is 3.96. The lowest BCUT2D eigenvalue weighted by Crippen LogP contribution is -2.09. The molecule has 0 saturated heterocycles. The largest absolute Gasteiger partial charge is 0.370 e. The Balaban J connectivity index is 1.84. The first-order valence-corrected chi connectivity index (χ1v) is 8.90. The van der Waals surface area contributed by atoms with Crippen LogP contribution >= 0.6 is 0 Å². The summed E-state index contributed by atoms with van der Waals surface area (Å²) in [4.78, 5) is 4.39. The van der Waals surface area contributed by atoms with Crippen LogP contribution in [0, 0.1) is 5.82 Å². The summed E-state index contributed by atoms with van der Waals surface area (Å²) in [6.07, 6.45) is 4.57. The molecule has 0 fully saturated rings. The summed E-state index contributed by atoms with van der Waals surface area (Å²) in [5.41, 5.74) is 10.2. The third kappa shape index (κ3) is 3.52. The molecule has 3 N–H and O–H groups in total. The van der Waals surface area contributed by atoms with Crippen molar-refractivity contribution >= 4 is 11.3 Å². The van der Waals surface area contributed by atoms with E-state index in [4.69, 9.17) is 10.8 Å². The number of benzene rings is 1. The molecule has 0 aliphatic heterocycles. The molecule has 0 atom stereocenters. The van der Waals surface area contributed by atoms with Crippen LogP contribution < -0.4 is 11.1 Å². The Morgan fingerprint density at radius 1 is 1.04 bits per heavy atom. The number of anilines is 1. The number of hydrogen-bond acceptors (Lipinski definition) is 4. The Morgan fingerprint density at radius 3 is 2.70 bits per heavy atom. The van der Waals surface area contributed by atoms with Gasteiger partial charge in [0.15, 0.2) is 0 Å². The van der Waals surface area contributed by atoms with Gasteiger partial charge in [-0.3, -0.25) is 0 Å². The van der Waals surface area contributed by atoms with Crippen LogP contribution in [0.2, 0.25) is 0 Å². The van der Waals surface area contributed by atoms with Crippen molar-refractivity contribution < 1.29 is 4.39 Å². The van der Waals surface area contributed by atoms with Crippen molar-refractivity contribution in [3.63, 3.8) is 0 Å². The van der Waals surface area contributed by atoms with E-state index in [0.717, 1.165) is 46.7 Å². The van der Waals surface area contributed by atoms with Crippen molar-refractivity contribution in [1.29, 1.82) is 0 Å². The van der Waals surface area contributed by atoms with E-state index >= 15 is 0 Å². The first-order valence-electron chi connectivity index (χ1n) is 8.90. The maximum absolute atomic E-state index is 13.4. The van der Waals surface area contributed by atoms with Gasteiger partial charge in [0.1, 0.15) is 17.3 Å². The molecule has 1 aromatic carbocycles. The number of pyridine rings is 2. The fourth-order valence-electron chi connectivity index (χ4n) is 3.09. The summed E-state index contributed by atoms with van der Waals surface area (Å²) >= 11 is 0. The molecule has 4 rings (SSSR count). The highest BCUT2D eigenvalue weighted by molar-refractivity contribution is 5.92. The van der Waals surface area contributed by atoms with E-state index in [1.807, 2.05) is 41.0 Å². The number of nitrogens with zero attached hydrogens (tertiary/aromatic N) is 3. The zero-order chi connectivity index (χ0) is 18.6. The van der Waals surface area contributed by atoms with E-state index in [9.17, 15) is 4.39 Å². The van der Waals surface area contributed by atoms with E-state index < -0.39 is 0 Å². The summed E-state index contributed by atoms with van der Waals surface area (Å²) in [7, 11) is 0. The first kappa shape index (κ1) is 17.2. The second kappa shape index (κ2) is 7.55. The van der Waals surface area contributed by atoms with Crippen LogP contribution in [0.25, 0.3) is 27.9 Å². The molecule has 0 radical (unpaired) electrons. The molecule has 0 unspecified atom stereocenters. The molecule has 6 heteroatoms. The second-order valence-electron chi connectivity index (χ2n) is 6.26. The molecule has 4 aromatic rings. The van der Waals surface area contributed by atoms with Gasteiger partial charge >= 0.3 is 0 Å². The molecule has 0 aliphatic rings. The van der Waals surface area contributed by atoms with Crippen molar-refractivity contribution in [3.8, 4) is 22.4 Å². The molecule has 0 saturated carbocycles. The summed E-state index contributed by atoms with van der Waals surface area (Å²) in [5, 5.41) is 8.03. The maximum atomic E-state index is 13.4. The third-order valence-electron chi connectivity index (χ3n) is 4.39. The van der Waals surface area contributed by atoms with Crippen LogP contribution in [0.15, 0.2) is 67.0 Å². The Hall–Kier alpha value is -3.25. The standard InChI is InChI=1S/C21H20FN5/c22-17-7-5-15(6-8-17)21-20(18-4-1-2-13-27(18)26-21)16-9-12-25-19(14-16)24-11-3-10-23/h1-2,4-9,12-14H,3,10-11,23H2,(H,24,25). The van der Waals surface area contributed by atoms with E-state index in [1.165, 1.54) is 12.1 Å². The summed E-state index contributed by atoms with van der Waals surface area (Å²) in [6, 6.07) is 16.3. The molecule has 5 nitrogen and oxygen atoms in total. The van der Waals surface area contributed by atoms with Gasteiger partial charge in [0.05, 0.1) is 5.52 Å². The molecular formula is C21H20FN5. The lowest BCUT2D eigenvalue weighted by Gasteiger charge is -2.08. The Bertz CT molecular complexity index is 1060. The van der Waals surface area contributed by atoms with Gasteiger partial charge in [-0.15, -0.1) is 0 Å². The van der Waals surface area contributed by atoms with Gasteiger partial charge in [-0.25, -0.2) is 13.9 Å². The van der Waals surface area contributed by atoms with Crippen LogP contribution in [0.3, 0.4) is 0 Å². The number of fused-ring (bicyclic) bond motifs is 1. The monoisotopic (exact) mass is 361 g/mol. The second-order valence-corrected chi connectivity index (χ2v) is 6.26. The average molecular weight is 361 g/mol. The van der Waals surface area contributed by atoms with Gasteiger partial charge < -0.3 is 11.1 Å². The number of rotatable bonds is 6. The van der Waals surface area contributed by atoms with Crippen molar-refractivity contribution in [1.82, 2.24) is 14.6 Å². The minimum Gasteiger partial charge on any atom is -0.370 e. The van der Waals surface area contributed by atoms with Gasteiger partial charge in [0, 0.05) is 30.1 Å². The molecule has 0 bridgehead atoms. The number of nitrogens with one attached hydrogen (secondary N) is 1. The molecule has 3 heterocycles. The number of hydrogen-bond donors (Lipinski definition) is 2. The quantitative estimate of drug-likeness (QED) is 0.510. The van der Waals surface area contributed by atoms with Gasteiger partial charge in [0.2, 0.25) is 0 Å². The number of aromatic nitrogens is 3. The Morgan fingerprint density at radius 2 is 1.89 bits per heavy atom. The van der Waals surface area contributed by atoms with E-state index in [2.05, 4.69) is 10.3 Å². The Labute approximate surface area is 156 Å². The van der Waals surface area contributed by atoms with Crippen molar-refractivity contribution in [2.75, 3.05) is 18.4 Å². The van der Waals surface area contributed by atoms with Crippen molar-refractivity contribution in [2.45, 2.75) is 6.42 Å². The third-order valence-corrected chi connectivity index (χ3v) is 4.39. The highest BCUT2D eigenvalue weighted by atomic mass is 19.1. The first-order chi connectivity index (χ1) is 13.3. The normalized spacial score (nSPS) is 11.0. The van der Waals surface area contributed by atoms with Gasteiger partial charge in [-0.2, -0.15) is 5.10 Å². The highest BCUT2D eigenvalue weighted by Gasteiger charge is 2.16. The Kier molecular flexibility index (Phi) is 4.80. The van der Waals surface area contributed by atoms with E-state index in [-0.39, 0.29) is 5.82 Å². The number of halogens is 1. The van der Waals surface area contributed by atoms with Crippen molar-refractivity contribution in [3.05, 3.63) is 72.8 Å². The van der Waals surface area contributed by atoms with Crippen LogP contribution in [0.5, 0.6) is 0 Å². The minimum atomic E-state index is -0.264. The molecule has 27 heavy (non-hydrogen) atoms.